The quantitative estimate of drug-likeness (QED) is 0.581. The van der Waals surface area contributed by atoms with Crippen LogP contribution in [0.2, 0.25) is 0 Å². The Kier molecular flexibility index (Phi) is 3.20. The average molecular weight is 303 g/mol. The maximum absolute atomic E-state index is 5.30. The van der Waals surface area contributed by atoms with Crippen LogP contribution in [-0.2, 0) is 0 Å². The molecule has 2 aromatic heterocycles. The fourth-order valence-corrected chi connectivity index (χ4v) is 2.22. The van der Waals surface area contributed by atoms with Gasteiger partial charge in [-0.1, -0.05) is 46.3 Å². The molecule has 23 heavy (non-hydrogen) atoms. The third-order valence-corrected chi connectivity index (χ3v) is 3.47. The van der Waals surface area contributed by atoms with Gasteiger partial charge in [0.1, 0.15) is 0 Å². The highest BCUT2D eigenvalue weighted by atomic mass is 16.5. The fourth-order valence-electron chi connectivity index (χ4n) is 2.22. The predicted molar refractivity (Wildman–Crippen MR) is 84.8 cm³/mol. The predicted octanol–water partition coefficient (Wildman–Crippen LogP) is 3.29. The zero-order valence-corrected chi connectivity index (χ0v) is 12.4. The Bertz CT molecular complexity index is 925. The topological polar surface area (TPSA) is 69.6 Å². The minimum absolute atomic E-state index is 0.419. The van der Waals surface area contributed by atoms with Gasteiger partial charge in [0.2, 0.25) is 5.82 Å². The van der Waals surface area contributed by atoms with Gasteiger partial charge >= 0.3 is 0 Å². The van der Waals surface area contributed by atoms with E-state index in [0.717, 1.165) is 11.3 Å². The minimum atomic E-state index is 0.419. The lowest BCUT2D eigenvalue weighted by Crippen LogP contribution is -1.94. The maximum atomic E-state index is 5.30. The average Bonchev–Trinajstić information content (AvgIpc) is 3.26. The van der Waals surface area contributed by atoms with Crippen LogP contribution in [-0.4, -0.2) is 25.1 Å². The van der Waals surface area contributed by atoms with Gasteiger partial charge < -0.3 is 4.52 Å². The molecular formula is C17H13N5O. The third kappa shape index (κ3) is 2.62. The molecule has 0 saturated heterocycles. The molecule has 0 fully saturated rings. The standard InChI is InChI=1S/C17H13N5O/c1-12-7-9-14(10-8-12)22-11-15(19-21-22)16-18-17(23-20-16)13-5-3-2-4-6-13/h2-11H,1H3. The summed E-state index contributed by atoms with van der Waals surface area (Å²) in [5.41, 5.74) is 3.56. The van der Waals surface area contributed by atoms with Crippen molar-refractivity contribution in [1.82, 2.24) is 25.1 Å². The number of rotatable bonds is 3. The molecule has 0 aliphatic carbocycles. The van der Waals surface area contributed by atoms with Crippen molar-refractivity contribution in [1.29, 1.82) is 0 Å². The van der Waals surface area contributed by atoms with Crippen LogP contribution in [0.1, 0.15) is 5.56 Å². The monoisotopic (exact) mass is 303 g/mol. The Morgan fingerprint density at radius 3 is 2.52 bits per heavy atom. The number of hydrogen-bond acceptors (Lipinski definition) is 5. The third-order valence-electron chi connectivity index (χ3n) is 3.47. The molecule has 0 bridgehead atoms. The lowest BCUT2D eigenvalue weighted by Gasteiger charge is -1.99. The summed E-state index contributed by atoms with van der Waals surface area (Å²) in [6.07, 6.45) is 1.78. The first kappa shape index (κ1) is 13.4. The molecule has 0 radical (unpaired) electrons. The van der Waals surface area contributed by atoms with E-state index in [2.05, 4.69) is 20.5 Å². The van der Waals surface area contributed by atoms with Crippen LogP contribution in [0.15, 0.2) is 65.3 Å². The molecule has 0 aliphatic rings. The number of aromatic nitrogens is 5. The molecule has 112 valence electrons. The van der Waals surface area contributed by atoms with Gasteiger partial charge in [-0.3, -0.25) is 0 Å². The second-order valence-corrected chi connectivity index (χ2v) is 5.17. The maximum Gasteiger partial charge on any atom is 0.258 e. The van der Waals surface area contributed by atoms with Gasteiger partial charge in [-0.15, -0.1) is 5.10 Å². The van der Waals surface area contributed by atoms with Gasteiger partial charge in [0.05, 0.1) is 11.9 Å². The summed E-state index contributed by atoms with van der Waals surface area (Å²) in [7, 11) is 0. The van der Waals surface area contributed by atoms with Gasteiger partial charge in [0, 0.05) is 5.56 Å². The second kappa shape index (κ2) is 5.49. The normalized spacial score (nSPS) is 10.8. The molecule has 0 unspecified atom stereocenters. The highest BCUT2D eigenvalue weighted by Gasteiger charge is 2.13. The molecule has 0 saturated carbocycles. The molecule has 0 atom stereocenters. The zero-order chi connectivity index (χ0) is 15.6. The van der Waals surface area contributed by atoms with Crippen molar-refractivity contribution in [3.63, 3.8) is 0 Å². The lowest BCUT2D eigenvalue weighted by molar-refractivity contribution is 0.432. The van der Waals surface area contributed by atoms with E-state index in [9.17, 15) is 0 Å². The zero-order valence-electron chi connectivity index (χ0n) is 12.4. The highest BCUT2D eigenvalue weighted by Crippen LogP contribution is 2.21. The van der Waals surface area contributed by atoms with Crippen LogP contribution in [0.25, 0.3) is 28.7 Å². The van der Waals surface area contributed by atoms with E-state index in [1.807, 2.05) is 61.5 Å². The molecule has 2 aromatic carbocycles. The van der Waals surface area contributed by atoms with Gasteiger partial charge in [-0.25, -0.2) is 4.68 Å². The van der Waals surface area contributed by atoms with E-state index in [-0.39, 0.29) is 0 Å². The molecule has 4 aromatic rings. The van der Waals surface area contributed by atoms with Gasteiger partial charge in [0.25, 0.3) is 5.89 Å². The van der Waals surface area contributed by atoms with Crippen molar-refractivity contribution in [2.75, 3.05) is 0 Å². The summed E-state index contributed by atoms with van der Waals surface area (Å²) in [5.74, 6) is 0.882. The van der Waals surface area contributed by atoms with E-state index in [4.69, 9.17) is 4.52 Å². The number of hydrogen-bond donors (Lipinski definition) is 0. The summed E-state index contributed by atoms with van der Waals surface area (Å²) >= 11 is 0. The largest absolute Gasteiger partial charge is 0.334 e. The van der Waals surface area contributed by atoms with Crippen molar-refractivity contribution >= 4 is 0 Å². The number of aryl methyl sites for hydroxylation is 1. The van der Waals surface area contributed by atoms with Crippen LogP contribution >= 0.6 is 0 Å². The van der Waals surface area contributed by atoms with Gasteiger partial charge in [0.15, 0.2) is 5.69 Å². The van der Waals surface area contributed by atoms with Gasteiger partial charge in [-0.2, -0.15) is 4.98 Å². The van der Waals surface area contributed by atoms with Crippen molar-refractivity contribution in [2.24, 2.45) is 0 Å². The highest BCUT2D eigenvalue weighted by molar-refractivity contribution is 5.56. The Hall–Kier alpha value is -3.28. The number of nitrogens with zero attached hydrogens (tertiary/aromatic N) is 5. The molecule has 6 heteroatoms. The van der Waals surface area contributed by atoms with Crippen LogP contribution in [0.5, 0.6) is 0 Å². The summed E-state index contributed by atoms with van der Waals surface area (Å²) < 4.78 is 6.99. The Morgan fingerprint density at radius 1 is 0.957 bits per heavy atom. The molecular weight excluding hydrogens is 290 g/mol. The number of benzene rings is 2. The summed E-state index contributed by atoms with van der Waals surface area (Å²) in [6, 6.07) is 17.6. The van der Waals surface area contributed by atoms with Crippen molar-refractivity contribution in [2.45, 2.75) is 6.92 Å². The SMILES string of the molecule is Cc1ccc(-n2cc(-c3noc(-c4ccccc4)n3)nn2)cc1. The van der Waals surface area contributed by atoms with Crippen LogP contribution in [0.4, 0.5) is 0 Å². The van der Waals surface area contributed by atoms with E-state index in [1.165, 1.54) is 5.56 Å². The minimum Gasteiger partial charge on any atom is -0.334 e. The van der Waals surface area contributed by atoms with Crippen LogP contribution < -0.4 is 0 Å². The Morgan fingerprint density at radius 2 is 1.74 bits per heavy atom. The lowest BCUT2D eigenvalue weighted by atomic mass is 10.2. The molecule has 0 spiro atoms. The second-order valence-electron chi connectivity index (χ2n) is 5.17. The molecule has 0 aliphatic heterocycles. The first-order chi connectivity index (χ1) is 11.3. The van der Waals surface area contributed by atoms with E-state index >= 15 is 0 Å². The molecule has 4 rings (SSSR count). The fraction of sp³-hybridized carbons (Fsp3) is 0.0588. The van der Waals surface area contributed by atoms with E-state index in [0.29, 0.717) is 17.4 Å². The molecule has 0 amide bonds. The van der Waals surface area contributed by atoms with Crippen molar-refractivity contribution in [3.8, 4) is 28.7 Å². The van der Waals surface area contributed by atoms with Crippen LogP contribution in [0.3, 0.4) is 0 Å². The Balaban J connectivity index is 1.65. The Labute approximate surface area is 132 Å². The molecule has 2 heterocycles. The smallest absolute Gasteiger partial charge is 0.258 e. The summed E-state index contributed by atoms with van der Waals surface area (Å²) in [6.45, 7) is 2.04. The first-order valence-corrected chi connectivity index (χ1v) is 7.18. The van der Waals surface area contributed by atoms with E-state index in [1.54, 1.807) is 10.9 Å². The van der Waals surface area contributed by atoms with Crippen molar-refractivity contribution in [3.05, 3.63) is 66.4 Å². The molecule has 6 nitrogen and oxygen atoms in total. The van der Waals surface area contributed by atoms with Crippen molar-refractivity contribution < 1.29 is 4.52 Å². The summed E-state index contributed by atoms with van der Waals surface area (Å²) in [4.78, 5) is 4.38. The van der Waals surface area contributed by atoms with E-state index < -0.39 is 0 Å². The van der Waals surface area contributed by atoms with Crippen LogP contribution in [0, 0.1) is 6.92 Å². The summed E-state index contributed by atoms with van der Waals surface area (Å²) in [5, 5.41) is 12.2. The molecule has 0 N–H and O–H groups in total. The first-order valence-electron chi connectivity index (χ1n) is 7.18. The van der Waals surface area contributed by atoms with Gasteiger partial charge in [-0.05, 0) is 31.2 Å².